The van der Waals surface area contributed by atoms with Gasteiger partial charge in [-0.2, -0.15) is 0 Å². The van der Waals surface area contributed by atoms with E-state index in [1.54, 1.807) is 0 Å². The number of fused-ring (bicyclic) bond motifs is 1. The molecule has 0 spiro atoms. The summed E-state index contributed by atoms with van der Waals surface area (Å²) in [6, 6.07) is 16.7. The molecule has 3 rings (SSSR count). The number of hydrogen-bond acceptors (Lipinski definition) is 1. The van der Waals surface area contributed by atoms with Gasteiger partial charge >= 0.3 is 0 Å². The Kier molecular flexibility index (Phi) is 2.41. The van der Waals surface area contributed by atoms with E-state index in [4.69, 9.17) is 0 Å². The van der Waals surface area contributed by atoms with E-state index in [1.165, 1.54) is 16.6 Å². The maximum Gasteiger partial charge on any atom is 0.0961 e. The van der Waals surface area contributed by atoms with Crippen molar-refractivity contribution in [1.29, 1.82) is 0 Å². The van der Waals surface area contributed by atoms with Crippen LogP contribution in [0, 0.1) is 6.92 Å². The average Bonchev–Trinajstić information content (AvgIpc) is 2.75. The van der Waals surface area contributed by atoms with Crippen molar-refractivity contribution in [3.05, 3.63) is 66.0 Å². The predicted molar refractivity (Wildman–Crippen MR) is 70.0 cm³/mol. The van der Waals surface area contributed by atoms with Gasteiger partial charge in [0.25, 0.3) is 0 Å². The molecular formula is C15H14N2. The van der Waals surface area contributed by atoms with Crippen LogP contribution >= 0.6 is 0 Å². The van der Waals surface area contributed by atoms with Crippen LogP contribution in [0.2, 0.25) is 0 Å². The van der Waals surface area contributed by atoms with Crippen molar-refractivity contribution >= 4 is 11.0 Å². The van der Waals surface area contributed by atoms with E-state index in [2.05, 4.69) is 58.9 Å². The van der Waals surface area contributed by atoms with E-state index < -0.39 is 0 Å². The van der Waals surface area contributed by atoms with Gasteiger partial charge in [-0.1, -0.05) is 42.5 Å². The lowest BCUT2D eigenvalue weighted by atomic mass is 10.2. The van der Waals surface area contributed by atoms with Gasteiger partial charge < -0.3 is 4.57 Å². The number of benzene rings is 2. The Labute approximate surface area is 101 Å². The zero-order valence-electron chi connectivity index (χ0n) is 9.80. The van der Waals surface area contributed by atoms with E-state index >= 15 is 0 Å². The molecule has 0 radical (unpaired) electrons. The van der Waals surface area contributed by atoms with Crippen LogP contribution < -0.4 is 0 Å². The lowest BCUT2D eigenvalue weighted by molar-refractivity contribution is 0.822. The van der Waals surface area contributed by atoms with Gasteiger partial charge in [-0.25, -0.2) is 4.98 Å². The molecule has 0 unspecified atom stereocenters. The maximum absolute atomic E-state index is 4.44. The van der Waals surface area contributed by atoms with Crippen molar-refractivity contribution in [2.75, 3.05) is 0 Å². The lowest BCUT2D eigenvalue weighted by Gasteiger charge is -2.06. The van der Waals surface area contributed by atoms with Gasteiger partial charge in [0.15, 0.2) is 0 Å². The minimum Gasteiger partial charge on any atom is -0.326 e. The van der Waals surface area contributed by atoms with Gasteiger partial charge in [0.1, 0.15) is 0 Å². The van der Waals surface area contributed by atoms with Gasteiger partial charge in [-0.05, 0) is 24.1 Å². The molecule has 1 aromatic heterocycles. The quantitative estimate of drug-likeness (QED) is 0.650. The molecule has 0 aliphatic carbocycles. The van der Waals surface area contributed by atoms with Crippen molar-refractivity contribution in [2.24, 2.45) is 0 Å². The van der Waals surface area contributed by atoms with Crippen LogP contribution in [-0.4, -0.2) is 9.55 Å². The lowest BCUT2D eigenvalue weighted by Crippen LogP contribution is -1.98. The van der Waals surface area contributed by atoms with E-state index in [0.29, 0.717) is 0 Å². The monoisotopic (exact) mass is 222 g/mol. The van der Waals surface area contributed by atoms with Gasteiger partial charge in [0.05, 0.1) is 17.4 Å². The molecule has 0 amide bonds. The summed E-state index contributed by atoms with van der Waals surface area (Å²) in [5, 5.41) is 0. The first-order valence-corrected chi connectivity index (χ1v) is 5.79. The summed E-state index contributed by atoms with van der Waals surface area (Å²) in [5.41, 5.74) is 4.88. The normalized spacial score (nSPS) is 10.9. The highest BCUT2D eigenvalue weighted by molar-refractivity contribution is 5.78. The van der Waals surface area contributed by atoms with Crippen LogP contribution in [0.4, 0.5) is 0 Å². The smallest absolute Gasteiger partial charge is 0.0961 e. The van der Waals surface area contributed by atoms with Crippen LogP contribution in [0.1, 0.15) is 11.1 Å². The standard InChI is InChI=1S/C15H14N2/c1-12-6-5-9-14-15(12)17(11-16-14)10-13-7-3-2-4-8-13/h2-9,11H,10H2,1H3. The molecule has 1 heterocycles. The van der Waals surface area contributed by atoms with Crippen molar-refractivity contribution < 1.29 is 0 Å². The molecule has 0 atom stereocenters. The fourth-order valence-electron chi connectivity index (χ4n) is 2.21. The minimum atomic E-state index is 0.877. The number of imidazole rings is 1. The van der Waals surface area contributed by atoms with E-state index in [0.717, 1.165) is 12.1 Å². The summed E-state index contributed by atoms with van der Waals surface area (Å²) >= 11 is 0. The Morgan fingerprint density at radius 3 is 2.65 bits per heavy atom. The molecule has 17 heavy (non-hydrogen) atoms. The number of hydrogen-bond donors (Lipinski definition) is 0. The highest BCUT2D eigenvalue weighted by Crippen LogP contribution is 2.18. The summed E-state index contributed by atoms with van der Waals surface area (Å²) in [6.45, 7) is 3.01. The third kappa shape index (κ3) is 1.82. The number of nitrogens with zero attached hydrogens (tertiary/aromatic N) is 2. The first-order valence-electron chi connectivity index (χ1n) is 5.79. The Hall–Kier alpha value is -2.09. The predicted octanol–water partition coefficient (Wildman–Crippen LogP) is 3.39. The van der Waals surface area contributed by atoms with Gasteiger partial charge in [0, 0.05) is 6.54 Å². The van der Waals surface area contributed by atoms with Gasteiger partial charge in [-0.15, -0.1) is 0 Å². The van der Waals surface area contributed by atoms with Crippen LogP contribution in [0.3, 0.4) is 0 Å². The number of aromatic nitrogens is 2. The average molecular weight is 222 g/mol. The Morgan fingerprint density at radius 2 is 1.82 bits per heavy atom. The molecule has 2 aromatic carbocycles. The van der Waals surface area contributed by atoms with Crippen LogP contribution in [0.15, 0.2) is 54.9 Å². The zero-order valence-corrected chi connectivity index (χ0v) is 9.80. The largest absolute Gasteiger partial charge is 0.326 e. The van der Waals surface area contributed by atoms with Gasteiger partial charge in [-0.3, -0.25) is 0 Å². The van der Waals surface area contributed by atoms with E-state index in [-0.39, 0.29) is 0 Å². The molecule has 0 aliphatic heterocycles. The second-order valence-corrected chi connectivity index (χ2v) is 4.30. The van der Waals surface area contributed by atoms with Crippen LogP contribution in [-0.2, 0) is 6.54 Å². The first-order chi connectivity index (χ1) is 8.34. The topological polar surface area (TPSA) is 17.8 Å². The first kappa shape index (κ1) is 10.1. The third-order valence-corrected chi connectivity index (χ3v) is 3.04. The van der Waals surface area contributed by atoms with Crippen LogP contribution in [0.5, 0.6) is 0 Å². The van der Waals surface area contributed by atoms with Crippen LogP contribution in [0.25, 0.3) is 11.0 Å². The van der Waals surface area contributed by atoms with E-state index in [9.17, 15) is 0 Å². The van der Waals surface area contributed by atoms with Crippen molar-refractivity contribution in [3.8, 4) is 0 Å². The maximum atomic E-state index is 4.44. The molecule has 0 fully saturated rings. The second kappa shape index (κ2) is 4.06. The second-order valence-electron chi connectivity index (χ2n) is 4.30. The zero-order chi connectivity index (χ0) is 11.7. The molecular weight excluding hydrogens is 208 g/mol. The Balaban J connectivity index is 2.07. The molecule has 2 nitrogen and oxygen atoms in total. The molecule has 0 aliphatic rings. The summed E-state index contributed by atoms with van der Waals surface area (Å²) in [7, 11) is 0. The SMILES string of the molecule is Cc1cccc2ncn(Cc3ccccc3)c12. The third-order valence-electron chi connectivity index (χ3n) is 3.04. The number of rotatable bonds is 2. The summed E-state index contributed by atoms with van der Waals surface area (Å²) in [4.78, 5) is 4.44. The van der Waals surface area contributed by atoms with Crippen molar-refractivity contribution in [2.45, 2.75) is 13.5 Å². The summed E-state index contributed by atoms with van der Waals surface area (Å²) < 4.78 is 2.21. The minimum absolute atomic E-state index is 0.877. The fourth-order valence-corrected chi connectivity index (χ4v) is 2.21. The molecule has 0 N–H and O–H groups in total. The van der Waals surface area contributed by atoms with E-state index in [1.807, 2.05) is 12.4 Å². The molecule has 3 aromatic rings. The Bertz CT molecular complexity index is 638. The highest BCUT2D eigenvalue weighted by Gasteiger charge is 2.04. The van der Waals surface area contributed by atoms with Gasteiger partial charge in [0.2, 0.25) is 0 Å². The number of para-hydroxylation sites is 1. The summed E-state index contributed by atoms with van der Waals surface area (Å²) in [5.74, 6) is 0. The molecule has 0 bridgehead atoms. The van der Waals surface area contributed by atoms with Crippen molar-refractivity contribution in [3.63, 3.8) is 0 Å². The fraction of sp³-hybridized carbons (Fsp3) is 0.133. The number of aryl methyl sites for hydroxylation is 1. The highest BCUT2D eigenvalue weighted by atomic mass is 15.0. The molecule has 84 valence electrons. The molecule has 2 heteroatoms. The van der Waals surface area contributed by atoms with Crippen molar-refractivity contribution in [1.82, 2.24) is 9.55 Å². The Morgan fingerprint density at radius 1 is 1.00 bits per heavy atom. The molecule has 0 saturated heterocycles. The summed E-state index contributed by atoms with van der Waals surface area (Å²) in [6.07, 6.45) is 1.92. The molecule has 0 saturated carbocycles.